The molecule has 0 aliphatic heterocycles. The molecule has 20 heavy (non-hydrogen) atoms. The van der Waals surface area contributed by atoms with Crippen LogP contribution in [-0.4, -0.2) is 20.9 Å². The van der Waals surface area contributed by atoms with Gasteiger partial charge in [0.2, 0.25) is 0 Å². The number of amides is 1. The van der Waals surface area contributed by atoms with Gasteiger partial charge in [0.15, 0.2) is 5.69 Å². The number of phenols is 1. The van der Waals surface area contributed by atoms with Crippen LogP contribution in [0.1, 0.15) is 10.5 Å². The third-order valence-electron chi connectivity index (χ3n) is 2.40. The van der Waals surface area contributed by atoms with Crippen LogP contribution in [-0.2, 0) is 0 Å². The number of benzene rings is 1. The maximum atomic E-state index is 12.0. The van der Waals surface area contributed by atoms with Crippen molar-refractivity contribution in [3.8, 4) is 5.75 Å². The summed E-state index contributed by atoms with van der Waals surface area (Å²) in [6.07, 6.45) is 0. The molecule has 2 aromatic rings. The first-order valence-corrected chi connectivity index (χ1v) is 6.18. The molecule has 0 bridgehead atoms. The number of nitro groups is 1. The maximum Gasteiger partial charge on any atom is 0.296 e. The number of phenolic OH excluding ortho intramolecular Hbond substituents is 1. The van der Waals surface area contributed by atoms with E-state index >= 15 is 0 Å². The van der Waals surface area contributed by atoms with Crippen molar-refractivity contribution in [1.29, 1.82) is 0 Å². The summed E-state index contributed by atoms with van der Waals surface area (Å²) in [5, 5.41) is 22.8. The quantitative estimate of drug-likeness (QED) is 0.387. The van der Waals surface area contributed by atoms with Crippen molar-refractivity contribution in [3.05, 3.63) is 56.8 Å². The zero-order chi connectivity index (χ0) is 14.7. The fourth-order valence-electron chi connectivity index (χ4n) is 1.52. The summed E-state index contributed by atoms with van der Waals surface area (Å²) in [7, 11) is 0. The molecule has 1 heterocycles. The average Bonchev–Trinajstić information content (AvgIpc) is 2.40. The van der Waals surface area contributed by atoms with Gasteiger partial charge < -0.3 is 10.4 Å². The van der Waals surface area contributed by atoms with Crippen LogP contribution in [0.2, 0.25) is 0 Å². The monoisotopic (exact) mass is 337 g/mol. The largest absolute Gasteiger partial charge is 0.505 e. The number of nitrogens with one attached hydrogen (secondary N) is 1. The van der Waals surface area contributed by atoms with Gasteiger partial charge in [0, 0.05) is 6.07 Å². The molecule has 0 saturated heterocycles. The Hall–Kier alpha value is -2.48. The number of aromatic nitrogens is 1. The van der Waals surface area contributed by atoms with E-state index in [0.717, 1.165) is 0 Å². The Morgan fingerprint density at radius 2 is 2.00 bits per heavy atom. The molecule has 0 radical (unpaired) electrons. The molecular weight excluding hydrogens is 330 g/mol. The molecule has 0 saturated carbocycles. The van der Waals surface area contributed by atoms with Gasteiger partial charge in [0.1, 0.15) is 16.0 Å². The van der Waals surface area contributed by atoms with Crippen LogP contribution in [0, 0.1) is 10.1 Å². The molecule has 1 amide bonds. The lowest BCUT2D eigenvalue weighted by molar-refractivity contribution is -0.384. The minimum absolute atomic E-state index is 0.0666. The molecule has 102 valence electrons. The van der Waals surface area contributed by atoms with E-state index in [0.29, 0.717) is 4.60 Å². The van der Waals surface area contributed by atoms with Crippen LogP contribution in [0.3, 0.4) is 0 Å². The molecule has 7 nitrogen and oxygen atoms in total. The molecule has 1 aromatic carbocycles. The summed E-state index contributed by atoms with van der Waals surface area (Å²) < 4.78 is 0.455. The molecule has 0 fully saturated rings. The highest BCUT2D eigenvalue weighted by molar-refractivity contribution is 9.10. The number of carbonyl (C=O) groups excluding carboxylic acids is 1. The van der Waals surface area contributed by atoms with Crippen molar-refractivity contribution in [2.75, 3.05) is 5.32 Å². The normalized spacial score (nSPS) is 10.1. The number of nitro benzene ring substituents is 1. The second kappa shape index (κ2) is 5.66. The number of pyridine rings is 1. The van der Waals surface area contributed by atoms with Gasteiger partial charge in [-0.2, -0.15) is 0 Å². The first-order chi connectivity index (χ1) is 9.49. The number of anilines is 1. The molecule has 0 aliphatic carbocycles. The summed E-state index contributed by atoms with van der Waals surface area (Å²) >= 11 is 3.12. The van der Waals surface area contributed by atoms with Gasteiger partial charge in [0.25, 0.3) is 11.6 Å². The lowest BCUT2D eigenvalue weighted by Gasteiger charge is -2.07. The van der Waals surface area contributed by atoms with Gasteiger partial charge >= 0.3 is 0 Å². The summed E-state index contributed by atoms with van der Waals surface area (Å²) in [5.41, 5.74) is -0.588. The Labute approximate surface area is 121 Å². The summed E-state index contributed by atoms with van der Waals surface area (Å²) in [4.78, 5) is 26.1. The number of hydrogen-bond donors (Lipinski definition) is 2. The van der Waals surface area contributed by atoms with Crippen LogP contribution >= 0.6 is 15.9 Å². The third-order valence-corrected chi connectivity index (χ3v) is 2.85. The van der Waals surface area contributed by atoms with E-state index in [1.54, 1.807) is 12.1 Å². The maximum absolute atomic E-state index is 12.0. The number of nitrogens with zero attached hydrogens (tertiary/aromatic N) is 2. The summed E-state index contributed by atoms with van der Waals surface area (Å²) in [6, 6.07) is 8.44. The Bertz CT molecular complexity index is 690. The first kappa shape index (κ1) is 13.9. The first-order valence-electron chi connectivity index (χ1n) is 5.39. The molecule has 2 N–H and O–H groups in total. The molecule has 1 aromatic heterocycles. The van der Waals surface area contributed by atoms with Gasteiger partial charge in [-0.05, 0) is 34.1 Å². The zero-order valence-electron chi connectivity index (χ0n) is 9.91. The second-order valence-electron chi connectivity index (χ2n) is 3.73. The highest BCUT2D eigenvalue weighted by atomic mass is 79.9. The van der Waals surface area contributed by atoms with E-state index in [9.17, 15) is 20.0 Å². The minimum Gasteiger partial charge on any atom is -0.505 e. The van der Waals surface area contributed by atoms with Gasteiger partial charge in [0.05, 0.1) is 4.92 Å². The van der Waals surface area contributed by atoms with Crippen molar-refractivity contribution in [3.63, 3.8) is 0 Å². The lowest BCUT2D eigenvalue weighted by Crippen LogP contribution is -2.14. The lowest BCUT2D eigenvalue weighted by atomic mass is 10.2. The van der Waals surface area contributed by atoms with Gasteiger partial charge in [-0.15, -0.1) is 0 Å². The van der Waals surface area contributed by atoms with E-state index < -0.39 is 16.5 Å². The molecule has 0 spiro atoms. The average molecular weight is 338 g/mol. The number of hydrogen-bond acceptors (Lipinski definition) is 5. The highest BCUT2D eigenvalue weighted by Gasteiger charge is 2.20. The van der Waals surface area contributed by atoms with Gasteiger partial charge in [-0.25, -0.2) is 4.98 Å². The van der Waals surface area contributed by atoms with E-state index in [2.05, 4.69) is 26.2 Å². The standard InChI is InChI=1S/C12H8BrN3O4/c13-10-6-1-3-7(14-10)12(18)15-11-8(16(19)20)4-2-5-9(11)17/h1-6,17H,(H,15,18). The summed E-state index contributed by atoms with van der Waals surface area (Å²) in [6.45, 7) is 0. The van der Waals surface area contributed by atoms with Crippen LogP contribution in [0.5, 0.6) is 5.75 Å². The predicted molar refractivity (Wildman–Crippen MR) is 74.7 cm³/mol. The fraction of sp³-hybridized carbons (Fsp3) is 0. The Kier molecular flexibility index (Phi) is 3.94. The molecule has 0 atom stereocenters. The van der Waals surface area contributed by atoms with Crippen LogP contribution in [0.4, 0.5) is 11.4 Å². The van der Waals surface area contributed by atoms with Crippen molar-refractivity contribution in [1.82, 2.24) is 4.98 Å². The van der Waals surface area contributed by atoms with Crippen LogP contribution in [0.25, 0.3) is 0 Å². The van der Waals surface area contributed by atoms with E-state index in [-0.39, 0.29) is 17.1 Å². The highest BCUT2D eigenvalue weighted by Crippen LogP contribution is 2.33. The van der Waals surface area contributed by atoms with E-state index in [1.807, 2.05) is 0 Å². The molecule has 8 heteroatoms. The molecule has 0 unspecified atom stereocenters. The third kappa shape index (κ3) is 2.91. The number of halogens is 1. The Morgan fingerprint density at radius 3 is 2.65 bits per heavy atom. The fourth-order valence-corrected chi connectivity index (χ4v) is 1.86. The Morgan fingerprint density at radius 1 is 1.30 bits per heavy atom. The van der Waals surface area contributed by atoms with Crippen molar-refractivity contribution in [2.24, 2.45) is 0 Å². The number of aromatic hydroxyl groups is 1. The van der Waals surface area contributed by atoms with E-state index in [1.165, 1.54) is 24.3 Å². The smallest absolute Gasteiger partial charge is 0.296 e. The topological polar surface area (TPSA) is 105 Å². The molecular formula is C12H8BrN3O4. The van der Waals surface area contributed by atoms with Crippen molar-refractivity contribution < 1.29 is 14.8 Å². The van der Waals surface area contributed by atoms with Crippen molar-refractivity contribution >= 4 is 33.2 Å². The van der Waals surface area contributed by atoms with Gasteiger partial charge in [-0.3, -0.25) is 14.9 Å². The number of rotatable bonds is 3. The Balaban J connectivity index is 2.35. The van der Waals surface area contributed by atoms with Crippen LogP contribution in [0.15, 0.2) is 41.0 Å². The SMILES string of the molecule is O=C(Nc1c(O)cccc1[N+](=O)[O-])c1cccc(Br)n1. The second-order valence-corrected chi connectivity index (χ2v) is 4.54. The molecule has 2 rings (SSSR count). The number of carbonyl (C=O) groups is 1. The number of para-hydroxylation sites is 1. The summed E-state index contributed by atoms with van der Waals surface area (Å²) in [5.74, 6) is -1.04. The minimum atomic E-state index is -0.691. The molecule has 0 aliphatic rings. The van der Waals surface area contributed by atoms with Gasteiger partial charge in [-0.1, -0.05) is 12.1 Å². The zero-order valence-corrected chi connectivity index (χ0v) is 11.5. The van der Waals surface area contributed by atoms with Crippen LogP contribution < -0.4 is 5.32 Å². The van der Waals surface area contributed by atoms with Crippen molar-refractivity contribution in [2.45, 2.75) is 0 Å². The predicted octanol–water partition coefficient (Wildman–Crippen LogP) is 2.71. The van der Waals surface area contributed by atoms with E-state index in [4.69, 9.17) is 0 Å².